The van der Waals surface area contributed by atoms with E-state index < -0.39 is 16.0 Å². The molecule has 3 aromatic rings. The summed E-state index contributed by atoms with van der Waals surface area (Å²) in [4.78, 5) is 13.1. The van der Waals surface area contributed by atoms with Gasteiger partial charge < -0.3 is 9.84 Å². The molecule has 0 aliphatic carbocycles. The minimum absolute atomic E-state index is 0.0243. The third-order valence-corrected chi connectivity index (χ3v) is 9.50. The topological polar surface area (TPSA) is 83.9 Å². The fraction of sp³-hybridized carbons (Fsp3) is 0.370. The molecule has 0 saturated carbocycles. The number of carbonyl (C=O) groups is 1. The highest BCUT2D eigenvalue weighted by molar-refractivity contribution is 7.89. The number of carboxylic acid groups (broad SMARTS) is 1. The molecule has 0 spiro atoms. The van der Waals surface area contributed by atoms with Crippen molar-refractivity contribution in [2.24, 2.45) is 0 Å². The van der Waals surface area contributed by atoms with E-state index in [-0.39, 0.29) is 36.4 Å². The van der Waals surface area contributed by atoms with E-state index in [9.17, 15) is 18.3 Å². The maximum absolute atomic E-state index is 13.6. The van der Waals surface area contributed by atoms with Crippen LogP contribution in [0.4, 0.5) is 0 Å². The van der Waals surface area contributed by atoms with Crippen LogP contribution in [0.15, 0.2) is 58.8 Å². The first-order valence-corrected chi connectivity index (χ1v) is 14.2. The van der Waals surface area contributed by atoms with E-state index in [2.05, 4.69) is 13.0 Å². The number of para-hydroxylation sites is 1. The van der Waals surface area contributed by atoms with Gasteiger partial charge in [-0.1, -0.05) is 44.2 Å². The molecule has 2 aromatic carbocycles. The minimum Gasteiger partial charge on any atom is -0.488 e. The molecule has 8 heteroatoms. The number of aliphatic carboxylic acids is 1. The molecular formula is C27H31NO5S2. The van der Waals surface area contributed by atoms with Crippen molar-refractivity contribution < 1.29 is 23.1 Å². The number of thiophene rings is 1. The summed E-state index contributed by atoms with van der Waals surface area (Å²) >= 11 is 1.64. The van der Waals surface area contributed by atoms with Crippen LogP contribution in [0.3, 0.4) is 0 Å². The lowest BCUT2D eigenvalue weighted by atomic mass is 9.88. The van der Waals surface area contributed by atoms with Crippen LogP contribution < -0.4 is 4.74 Å². The summed E-state index contributed by atoms with van der Waals surface area (Å²) in [5.41, 5.74) is 3.69. The van der Waals surface area contributed by atoms with E-state index in [1.54, 1.807) is 35.6 Å². The van der Waals surface area contributed by atoms with E-state index in [0.717, 1.165) is 28.7 Å². The Hall–Kier alpha value is -2.68. The minimum atomic E-state index is -3.77. The highest BCUT2D eigenvalue weighted by Gasteiger charge is 2.34. The van der Waals surface area contributed by atoms with Crippen LogP contribution in [0.2, 0.25) is 0 Å². The van der Waals surface area contributed by atoms with Crippen molar-refractivity contribution in [3.05, 3.63) is 81.0 Å². The summed E-state index contributed by atoms with van der Waals surface area (Å²) in [6.07, 6.45) is 1.30. The number of ether oxygens (including phenoxy) is 1. The number of benzene rings is 2. The van der Waals surface area contributed by atoms with Gasteiger partial charge in [0.25, 0.3) is 0 Å². The SMILES string of the molecule is CCc1cc(C(CC(=O)O)c2ccc(C)c(CN3C[C@@H](CC)Oc4ccccc4S3(=O)=O)c2)cs1. The Balaban J connectivity index is 1.72. The van der Waals surface area contributed by atoms with Gasteiger partial charge in [0.15, 0.2) is 0 Å². The van der Waals surface area contributed by atoms with Crippen LogP contribution in [0.5, 0.6) is 5.75 Å². The number of carboxylic acids is 1. The monoisotopic (exact) mass is 513 g/mol. The molecule has 0 amide bonds. The van der Waals surface area contributed by atoms with Gasteiger partial charge in [-0.3, -0.25) is 4.79 Å². The zero-order valence-corrected chi connectivity index (χ0v) is 21.9. The summed E-state index contributed by atoms with van der Waals surface area (Å²) in [5, 5.41) is 11.6. The molecule has 6 nitrogen and oxygen atoms in total. The van der Waals surface area contributed by atoms with Crippen LogP contribution in [-0.4, -0.2) is 36.4 Å². The quantitative estimate of drug-likeness (QED) is 0.425. The second-order valence-electron chi connectivity index (χ2n) is 8.93. The Morgan fingerprint density at radius 3 is 2.63 bits per heavy atom. The van der Waals surface area contributed by atoms with Gasteiger partial charge in [0.05, 0.1) is 13.0 Å². The number of hydrogen-bond donors (Lipinski definition) is 1. The molecule has 0 fully saturated rings. The molecule has 2 atom stereocenters. The zero-order chi connectivity index (χ0) is 25.2. The largest absolute Gasteiger partial charge is 0.488 e. The van der Waals surface area contributed by atoms with Crippen molar-refractivity contribution in [3.63, 3.8) is 0 Å². The van der Waals surface area contributed by atoms with Gasteiger partial charge in [0, 0.05) is 17.3 Å². The lowest BCUT2D eigenvalue weighted by Gasteiger charge is -2.24. The first-order valence-electron chi connectivity index (χ1n) is 11.9. The van der Waals surface area contributed by atoms with E-state index >= 15 is 0 Å². The number of hydrogen-bond acceptors (Lipinski definition) is 5. The predicted octanol–water partition coefficient (Wildman–Crippen LogP) is 5.59. The molecule has 1 aliphatic rings. The molecular weight excluding hydrogens is 482 g/mol. The van der Waals surface area contributed by atoms with Crippen molar-refractivity contribution in [1.82, 2.24) is 4.31 Å². The molecule has 4 rings (SSSR count). The molecule has 186 valence electrons. The lowest BCUT2D eigenvalue weighted by Crippen LogP contribution is -2.36. The Kier molecular flexibility index (Phi) is 7.64. The van der Waals surface area contributed by atoms with Crippen molar-refractivity contribution in [3.8, 4) is 5.75 Å². The second-order valence-corrected chi connectivity index (χ2v) is 11.8. The fourth-order valence-corrected chi connectivity index (χ4v) is 6.90. The first-order chi connectivity index (χ1) is 16.7. The molecule has 1 unspecified atom stereocenters. The molecule has 0 saturated heterocycles. The standard InChI is InChI=1S/C27H31NO5S2/c1-4-22-16-28(35(31,32)26-9-7-6-8-25(26)33-22)15-20-12-19(11-10-18(20)3)24(14-27(29)30)21-13-23(5-2)34-17-21/h6-13,17,22,24H,4-5,14-16H2,1-3H3,(H,29,30)/t22-,24?/m1/s1. The van der Waals surface area contributed by atoms with Gasteiger partial charge in [0.1, 0.15) is 16.7 Å². The number of fused-ring (bicyclic) bond motifs is 1. The van der Waals surface area contributed by atoms with Gasteiger partial charge in [-0.25, -0.2) is 8.42 Å². The summed E-state index contributed by atoms with van der Waals surface area (Å²) in [6, 6.07) is 14.7. The molecule has 1 aromatic heterocycles. The summed E-state index contributed by atoms with van der Waals surface area (Å²) in [5.74, 6) is -0.773. The fourth-order valence-electron chi connectivity index (χ4n) is 4.44. The molecule has 1 aliphatic heterocycles. The molecule has 0 bridgehead atoms. The van der Waals surface area contributed by atoms with Gasteiger partial charge in [-0.15, -0.1) is 11.3 Å². The number of aryl methyl sites for hydroxylation is 2. The van der Waals surface area contributed by atoms with Crippen LogP contribution in [-0.2, 0) is 27.8 Å². The van der Waals surface area contributed by atoms with E-state index in [4.69, 9.17) is 4.74 Å². The van der Waals surface area contributed by atoms with Crippen molar-refractivity contribution in [2.45, 2.75) is 63.5 Å². The number of sulfonamides is 1. The van der Waals surface area contributed by atoms with Crippen molar-refractivity contribution >= 4 is 27.3 Å². The van der Waals surface area contributed by atoms with Gasteiger partial charge in [0.2, 0.25) is 10.0 Å². The van der Waals surface area contributed by atoms with Crippen molar-refractivity contribution in [1.29, 1.82) is 0 Å². The normalized spacial score (nSPS) is 18.3. The molecule has 1 N–H and O–H groups in total. The third-order valence-electron chi connectivity index (χ3n) is 6.55. The summed E-state index contributed by atoms with van der Waals surface area (Å²) < 4.78 is 34.7. The lowest BCUT2D eigenvalue weighted by molar-refractivity contribution is -0.137. The first kappa shape index (κ1) is 25.4. The van der Waals surface area contributed by atoms with Gasteiger partial charge in [-0.05, 0) is 65.6 Å². The number of nitrogens with zero attached hydrogens (tertiary/aromatic N) is 1. The average molecular weight is 514 g/mol. The Labute approximate surface area is 211 Å². The Morgan fingerprint density at radius 1 is 1.17 bits per heavy atom. The Morgan fingerprint density at radius 2 is 1.94 bits per heavy atom. The third kappa shape index (κ3) is 5.44. The van der Waals surface area contributed by atoms with Crippen LogP contribution >= 0.6 is 11.3 Å². The van der Waals surface area contributed by atoms with Crippen LogP contribution in [0, 0.1) is 6.92 Å². The van der Waals surface area contributed by atoms with Gasteiger partial charge in [-0.2, -0.15) is 4.31 Å². The maximum atomic E-state index is 13.6. The summed E-state index contributed by atoms with van der Waals surface area (Å²) in [6.45, 7) is 6.47. The van der Waals surface area contributed by atoms with Crippen molar-refractivity contribution in [2.75, 3.05) is 6.54 Å². The highest BCUT2D eigenvalue weighted by Crippen LogP contribution is 2.35. The van der Waals surface area contributed by atoms with E-state index in [1.807, 2.05) is 37.4 Å². The Bertz CT molecular complexity index is 1310. The number of rotatable bonds is 8. The average Bonchev–Trinajstić information content (AvgIpc) is 3.28. The summed E-state index contributed by atoms with van der Waals surface area (Å²) in [7, 11) is -3.77. The van der Waals surface area contributed by atoms with E-state index in [1.165, 1.54) is 9.18 Å². The van der Waals surface area contributed by atoms with Gasteiger partial charge >= 0.3 is 5.97 Å². The predicted molar refractivity (Wildman–Crippen MR) is 138 cm³/mol. The smallest absolute Gasteiger partial charge is 0.304 e. The van der Waals surface area contributed by atoms with E-state index in [0.29, 0.717) is 12.2 Å². The molecule has 35 heavy (non-hydrogen) atoms. The second kappa shape index (κ2) is 10.5. The molecule has 2 heterocycles. The zero-order valence-electron chi connectivity index (χ0n) is 20.2. The highest BCUT2D eigenvalue weighted by atomic mass is 32.2. The maximum Gasteiger partial charge on any atom is 0.304 e. The van der Waals surface area contributed by atoms with Crippen LogP contribution in [0.1, 0.15) is 59.7 Å². The molecule has 0 radical (unpaired) electrons. The van der Waals surface area contributed by atoms with Crippen LogP contribution in [0.25, 0.3) is 0 Å².